The van der Waals surface area contributed by atoms with Crippen LogP contribution in [-0.2, 0) is 16.0 Å². The molecule has 1 amide bonds. The molecule has 3 nitrogen and oxygen atoms in total. The molecule has 0 aromatic heterocycles. The van der Waals surface area contributed by atoms with Crippen molar-refractivity contribution in [1.82, 2.24) is 5.32 Å². The Morgan fingerprint density at radius 3 is 2.33 bits per heavy atom. The minimum absolute atomic E-state index is 0.0213. The van der Waals surface area contributed by atoms with Crippen molar-refractivity contribution in [2.24, 2.45) is 5.92 Å². The van der Waals surface area contributed by atoms with Gasteiger partial charge in [-0.3, -0.25) is 9.59 Å². The third-order valence-electron chi connectivity index (χ3n) is 3.85. The number of hydrogen-bond donors (Lipinski definition) is 1. The Balaban J connectivity index is 2.04. The summed E-state index contributed by atoms with van der Waals surface area (Å²) in [6.07, 6.45) is 2.52. The first-order chi connectivity index (χ1) is 8.61. The highest BCUT2D eigenvalue weighted by atomic mass is 16.1. The van der Waals surface area contributed by atoms with Crippen molar-refractivity contribution >= 4 is 11.7 Å². The molecule has 96 valence electrons. The second-order valence-electron chi connectivity index (χ2n) is 4.99. The van der Waals surface area contributed by atoms with Crippen molar-refractivity contribution in [2.75, 3.05) is 7.05 Å². The standard InChI is InChI=1S/C15H19NO2/c1-10(17)13-7-8-14(13)12-5-3-11(4-6-12)9-15(18)16-2/h3-6,13-14H,7-9H2,1-2H3,(H,16,18). The first kappa shape index (κ1) is 12.8. The molecule has 0 heterocycles. The predicted octanol–water partition coefficient (Wildman–Crippen LogP) is 2.06. The van der Waals surface area contributed by atoms with Crippen LogP contribution in [0, 0.1) is 5.92 Å². The van der Waals surface area contributed by atoms with Gasteiger partial charge in [0.2, 0.25) is 5.91 Å². The Hall–Kier alpha value is -1.64. The van der Waals surface area contributed by atoms with Gasteiger partial charge in [0, 0.05) is 13.0 Å². The van der Waals surface area contributed by atoms with Crippen LogP contribution in [-0.4, -0.2) is 18.7 Å². The molecule has 3 heteroatoms. The molecule has 1 aromatic rings. The summed E-state index contributed by atoms with van der Waals surface area (Å²) >= 11 is 0. The minimum Gasteiger partial charge on any atom is -0.359 e. The summed E-state index contributed by atoms with van der Waals surface area (Å²) in [6, 6.07) is 8.08. The van der Waals surface area contributed by atoms with Crippen LogP contribution >= 0.6 is 0 Å². The zero-order valence-corrected chi connectivity index (χ0v) is 10.9. The van der Waals surface area contributed by atoms with Crippen LogP contribution in [0.1, 0.15) is 36.8 Å². The van der Waals surface area contributed by atoms with Gasteiger partial charge in [0.15, 0.2) is 0 Å². The normalized spacial score (nSPS) is 22.1. The summed E-state index contributed by atoms with van der Waals surface area (Å²) in [5, 5.41) is 2.61. The molecule has 2 rings (SSSR count). The van der Waals surface area contributed by atoms with Crippen molar-refractivity contribution in [2.45, 2.75) is 32.1 Å². The summed E-state index contributed by atoms with van der Waals surface area (Å²) in [5.41, 5.74) is 2.24. The van der Waals surface area contributed by atoms with E-state index >= 15 is 0 Å². The molecule has 0 saturated heterocycles. The van der Waals surface area contributed by atoms with Crippen LogP contribution in [0.4, 0.5) is 0 Å². The van der Waals surface area contributed by atoms with Crippen LogP contribution in [0.25, 0.3) is 0 Å². The molecule has 1 fully saturated rings. The van der Waals surface area contributed by atoms with Gasteiger partial charge in [0.05, 0.1) is 6.42 Å². The van der Waals surface area contributed by atoms with E-state index in [4.69, 9.17) is 0 Å². The molecular weight excluding hydrogens is 226 g/mol. The van der Waals surface area contributed by atoms with E-state index in [1.54, 1.807) is 14.0 Å². The van der Waals surface area contributed by atoms with Crippen molar-refractivity contribution < 1.29 is 9.59 Å². The molecule has 1 aliphatic rings. The molecule has 1 aromatic carbocycles. The highest BCUT2D eigenvalue weighted by molar-refractivity contribution is 5.80. The molecule has 18 heavy (non-hydrogen) atoms. The lowest BCUT2D eigenvalue weighted by molar-refractivity contribution is -0.124. The maximum absolute atomic E-state index is 11.4. The summed E-state index contributed by atoms with van der Waals surface area (Å²) in [6.45, 7) is 1.68. The number of Topliss-reactive ketones (excluding diaryl/α,β-unsaturated/α-hetero) is 1. The monoisotopic (exact) mass is 245 g/mol. The van der Waals surface area contributed by atoms with Crippen LogP contribution in [0.5, 0.6) is 0 Å². The van der Waals surface area contributed by atoms with Crippen LogP contribution in [0.2, 0.25) is 0 Å². The number of amides is 1. The summed E-state index contributed by atoms with van der Waals surface area (Å²) < 4.78 is 0. The van der Waals surface area contributed by atoms with Crippen LogP contribution in [0.3, 0.4) is 0 Å². The number of rotatable bonds is 4. The van der Waals surface area contributed by atoms with E-state index in [0.29, 0.717) is 18.1 Å². The number of benzene rings is 1. The van der Waals surface area contributed by atoms with Gasteiger partial charge in [-0.15, -0.1) is 0 Å². The quantitative estimate of drug-likeness (QED) is 0.882. The summed E-state index contributed by atoms with van der Waals surface area (Å²) in [7, 11) is 1.64. The lowest BCUT2D eigenvalue weighted by Crippen LogP contribution is -2.29. The van der Waals surface area contributed by atoms with Crippen molar-refractivity contribution in [3.63, 3.8) is 0 Å². The maximum Gasteiger partial charge on any atom is 0.224 e. The molecule has 0 spiro atoms. The smallest absolute Gasteiger partial charge is 0.224 e. The number of carbonyl (C=O) groups is 2. The van der Waals surface area contributed by atoms with E-state index in [1.165, 1.54) is 5.56 Å². The van der Waals surface area contributed by atoms with Gasteiger partial charge >= 0.3 is 0 Å². The molecule has 1 N–H and O–H groups in total. The lowest BCUT2D eigenvalue weighted by Gasteiger charge is -2.35. The zero-order chi connectivity index (χ0) is 13.1. The second kappa shape index (κ2) is 5.34. The fourth-order valence-corrected chi connectivity index (χ4v) is 2.54. The van der Waals surface area contributed by atoms with E-state index in [0.717, 1.165) is 18.4 Å². The van der Waals surface area contributed by atoms with Crippen LogP contribution in [0.15, 0.2) is 24.3 Å². The van der Waals surface area contributed by atoms with E-state index in [2.05, 4.69) is 17.4 Å². The van der Waals surface area contributed by atoms with Gasteiger partial charge in [0.1, 0.15) is 5.78 Å². The van der Waals surface area contributed by atoms with E-state index in [-0.39, 0.29) is 11.8 Å². The highest BCUT2D eigenvalue weighted by Crippen LogP contribution is 2.42. The Kier molecular flexibility index (Phi) is 3.80. The Morgan fingerprint density at radius 1 is 1.22 bits per heavy atom. The SMILES string of the molecule is CNC(=O)Cc1ccc(C2CCC2C(C)=O)cc1. The zero-order valence-electron chi connectivity index (χ0n) is 10.9. The lowest BCUT2D eigenvalue weighted by atomic mass is 9.68. The third-order valence-corrected chi connectivity index (χ3v) is 3.85. The fraction of sp³-hybridized carbons (Fsp3) is 0.467. The first-order valence-electron chi connectivity index (χ1n) is 6.41. The number of nitrogens with one attached hydrogen (secondary N) is 1. The van der Waals surface area contributed by atoms with E-state index in [1.807, 2.05) is 12.1 Å². The molecule has 1 aliphatic carbocycles. The van der Waals surface area contributed by atoms with Gasteiger partial charge in [-0.05, 0) is 36.8 Å². The Labute approximate surface area is 108 Å². The van der Waals surface area contributed by atoms with Crippen LogP contribution < -0.4 is 5.32 Å². The highest BCUT2D eigenvalue weighted by Gasteiger charge is 2.34. The minimum atomic E-state index is 0.0213. The molecule has 0 radical (unpaired) electrons. The van der Waals surface area contributed by atoms with Crippen molar-refractivity contribution in [3.05, 3.63) is 35.4 Å². The largest absolute Gasteiger partial charge is 0.359 e. The summed E-state index contributed by atoms with van der Waals surface area (Å²) in [4.78, 5) is 22.7. The fourth-order valence-electron chi connectivity index (χ4n) is 2.54. The van der Waals surface area contributed by atoms with E-state index in [9.17, 15) is 9.59 Å². The van der Waals surface area contributed by atoms with Gasteiger partial charge in [0.25, 0.3) is 0 Å². The molecular formula is C15H19NO2. The molecule has 0 aliphatic heterocycles. The third kappa shape index (κ3) is 2.61. The predicted molar refractivity (Wildman–Crippen MR) is 70.4 cm³/mol. The molecule has 0 bridgehead atoms. The topological polar surface area (TPSA) is 46.2 Å². The number of hydrogen-bond acceptors (Lipinski definition) is 2. The average molecular weight is 245 g/mol. The van der Waals surface area contributed by atoms with E-state index < -0.39 is 0 Å². The number of ketones is 1. The average Bonchev–Trinajstić information content (AvgIpc) is 2.29. The first-order valence-corrected chi connectivity index (χ1v) is 6.41. The van der Waals surface area contributed by atoms with Gasteiger partial charge in [-0.1, -0.05) is 24.3 Å². The van der Waals surface area contributed by atoms with Gasteiger partial charge < -0.3 is 5.32 Å². The summed E-state index contributed by atoms with van der Waals surface area (Å²) in [5.74, 6) is 0.903. The van der Waals surface area contributed by atoms with Crippen molar-refractivity contribution in [3.8, 4) is 0 Å². The van der Waals surface area contributed by atoms with Crippen molar-refractivity contribution in [1.29, 1.82) is 0 Å². The van der Waals surface area contributed by atoms with Gasteiger partial charge in [-0.2, -0.15) is 0 Å². The number of carbonyl (C=O) groups excluding carboxylic acids is 2. The molecule has 2 atom stereocenters. The Bertz CT molecular complexity index is 450. The maximum atomic E-state index is 11.4. The second-order valence-corrected chi connectivity index (χ2v) is 4.99. The van der Waals surface area contributed by atoms with Gasteiger partial charge in [-0.25, -0.2) is 0 Å². The molecule has 2 unspecified atom stereocenters. The molecule has 1 saturated carbocycles. The number of likely N-dealkylation sites (N-methyl/N-ethyl adjacent to an activating group) is 1. The Morgan fingerprint density at radius 2 is 1.89 bits per heavy atom.